The highest BCUT2D eigenvalue weighted by atomic mass is 16.5. The zero-order chi connectivity index (χ0) is 17.4. The van der Waals surface area contributed by atoms with Gasteiger partial charge in [0.05, 0.1) is 5.56 Å². The van der Waals surface area contributed by atoms with E-state index in [0.29, 0.717) is 5.56 Å². The van der Waals surface area contributed by atoms with E-state index < -0.39 is 17.2 Å². The van der Waals surface area contributed by atoms with E-state index in [1.165, 1.54) is 29.6 Å². The van der Waals surface area contributed by atoms with Crippen molar-refractivity contribution < 1.29 is 9.53 Å². The predicted octanol–water partition coefficient (Wildman–Crippen LogP) is 0.557. The molecule has 0 saturated carbocycles. The number of aryl methyl sites for hydroxylation is 2. The first-order chi connectivity index (χ1) is 11.4. The molecule has 124 valence electrons. The molecule has 8 nitrogen and oxygen atoms in total. The smallest absolute Gasteiger partial charge is 0.339 e. The Bertz CT molecular complexity index is 1040. The second kappa shape index (κ2) is 5.80. The molecule has 0 fully saturated rings. The number of hydrogen-bond acceptors (Lipinski definition) is 5. The number of ether oxygens (including phenoxy) is 1. The average Bonchev–Trinajstić information content (AvgIpc) is 3.00. The van der Waals surface area contributed by atoms with Crippen molar-refractivity contribution in [3.05, 3.63) is 62.6 Å². The van der Waals surface area contributed by atoms with Gasteiger partial charge in [0.2, 0.25) is 0 Å². The molecule has 24 heavy (non-hydrogen) atoms. The summed E-state index contributed by atoms with van der Waals surface area (Å²) in [5, 5.41) is 0. The summed E-state index contributed by atoms with van der Waals surface area (Å²) < 4.78 is 8.90. The molecular weight excluding hydrogens is 312 g/mol. The average molecular weight is 328 g/mol. The Labute approximate surface area is 136 Å². The maximum atomic E-state index is 12.3. The Balaban J connectivity index is 1.91. The topological polar surface area (TPSA) is 88.1 Å². The molecule has 0 atom stereocenters. The lowest BCUT2D eigenvalue weighted by atomic mass is 10.2. The van der Waals surface area contributed by atoms with Crippen LogP contribution >= 0.6 is 0 Å². The predicted molar refractivity (Wildman–Crippen MR) is 86.8 cm³/mol. The summed E-state index contributed by atoms with van der Waals surface area (Å²) >= 11 is 0. The number of carbonyl (C=O) groups is 1. The van der Waals surface area contributed by atoms with Gasteiger partial charge in [-0.2, -0.15) is 0 Å². The quantitative estimate of drug-likeness (QED) is 0.656. The SMILES string of the molecule is Cc1ccc(C(=O)OCn2cnc3c2c(=O)n(C)c(=O)n3C)cc1. The van der Waals surface area contributed by atoms with Gasteiger partial charge in [-0.1, -0.05) is 17.7 Å². The Morgan fingerprint density at radius 2 is 1.79 bits per heavy atom. The van der Waals surface area contributed by atoms with Gasteiger partial charge >= 0.3 is 11.7 Å². The number of carbonyl (C=O) groups excluding carboxylic acids is 1. The first kappa shape index (κ1) is 15.7. The normalized spacial score (nSPS) is 11.0. The van der Waals surface area contributed by atoms with Gasteiger partial charge < -0.3 is 4.74 Å². The lowest BCUT2D eigenvalue weighted by Gasteiger charge is -2.08. The number of nitrogens with zero attached hydrogens (tertiary/aromatic N) is 4. The second-order valence-electron chi connectivity index (χ2n) is 5.52. The van der Waals surface area contributed by atoms with Crippen LogP contribution in [-0.2, 0) is 25.6 Å². The maximum Gasteiger partial charge on any atom is 0.339 e. The number of rotatable bonds is 3. The molecule has 0 aliphatic heterocycles. The molecule has 0 aliphatic carbocycles. The molecule has 0 bridgehead atoms. The van der Waals surface area contributed by atoms with E-state index in [-0.39, 0.29) is 17.9 Å². The minimum atomic E-state index is -0.501. The van der Waals surface area contributed by atoms with Crippen molar-refractivity contribution in [2.45, 2.75) is 13.7 Å². The summed E-state index contributed by atoms with van der Waals surface area (Å²) in [5.41, 5.74) is 0.957. The molecule has 8 heteroatoms. The fraction of sp³-hybridized carbons (Fsp3) is 0.250. The molecular formula is C16H16N4O4. The summed E-state index contributed by atoms with van der Waals surface area (Å²) in [6.07, 6.45) is 1.37. The number of hydrogen-bond donors (Lipinski definition) is 0. The third-order valence-corrected chi connectivity index (χ3v) is 3.84. The highest BCUT2D eigenvalue weighted by Gasteiger charge is 2.15. The third-order valence-electron chi connectivity index (χ3n) is 3.84. The van der Waals surface area contributed by atoms with Gasteiger partial charge in [-0.05, 0) is 19.1 Å². The van der Waals surface area contributed by atoms with Crippen LogP contribution in [0, 0.1) is 6.92 Å². The summed E-state index contributed by atoms with van der Waals surface area (Å²) in [7, 11) is 2.92. The van der Waals surface area contributed by atoms with Crippen molar-refractivity contribution in [1.82, 2.24) is 18.7 Å². The van der Waals surface area contributed by atoms with Crippen LogP contribution in [0.4, 0.5) is 0 Å². The van der Waals surface area contributed by atoms with E-state index in [2.05, 4.69) is 4.98 Å². The van der Waals surface area contributed by atoms with Crippen molar-refractivity contribution in [2.24, 2.45) is 14.1 Å². The van der Waals surface area contributed by atoms with E-state index in [9.17, 15) is 14.4 Å². The van der Waals surface area contributed by atoms with Gasteiger partial charge in [0.15, 0.2) is 17.9 Å². The van der Waals surface area contributed by atoms with E-state index in [0.717, 1.165) is 10.1 Å². The molecule has 2 aromatic heterocycles. The standard InChI is InChI=1S/C16H16N4O4/c1-10-4-6-11(7-5-10)15(22)24-9-20-8-17-13-12(20)14(21)19(3)16(23)18(13)2/h4-8H,9H2,1-3H3. The van der Waals surface area contributed by atoms with Gasteiger partial charge in [-0.25, -0.2) is 14.6 Å². The van der Waals surface area contributed by atoms with Crippen molar-refractivity contribution in [3.63, 3.8) is 0 Å². The molecule has 0 saturated heterocycles. The summed E-state index contributed by atoms with van der Waals surface area (Å²) in [5.74, 6) is -0.501. The van der Waals surface area contributed by atoms with Crippen LogP contribution in [-0.4, -0.2) is 24.7 Å². The maximum absolute atomic E-state index is 12.3. The molecule has 0 N–H and O–H groups in total. The van der Waals surface area contributed by atoms with E-state index in [1.807, 2.05) is 19.1 Å². The Hall–Kier alpha value is -3.16. The molecule has 1 aromatic carbocycles. The lowest BCUT2D eigenvalue weighted by Crippen LogP contribution is -2.37. The number of benzene rings is 1. The third kappa shape index (κ3) is 2.51. The van der Waals surface area contributed by atoms with Crippen LogP contribution < -0.4 is 11.2 Å². The van der Waals surface area contributed by atoms with Crippen LogP contribution in [0.2, 0.25) is 0 Å². The van der Waals surface area contributed by atoms with Crippen LogP contribution in [0.5, 0.6) is 0 Å². The van der Waals surface area contributed by atoms with Crippen molar-refractivity contribution in [3.8, 4) is 0 Å². The molecule has 2 heterocycles. The van der Waals surface area contributed by atoms with Crippen LogP contribution in [0.1, 0.15) is 15.9 Å². The second-order valence-corrected chi connectivity index (χ2v) is 5.52. The minimum Gasteiger partial charge on any atom is -0.440 e. The van der Waals surface area contributed by atoms with Crippen molar-refractivity contribution in [1.29, 1.82) is 0 Å². The van der Waals surface area contributed by atoms with Crippen molar-refractivity contribution in [2.75, 3.05) is 0 Å². The largest absolute Gasteiger partial charge is 0.440 e. The lowest BCUT2D eigenvalue weighted by molar-refractivity contribution is 0.0378. The monoisotopic (exact) mass is 328 g/mol. The number of esters is 1. The summed E-state index contributed by atoms with van der Waals surface area (Å²) in [4.78, 5) is 40.3. The molecule has 0 spiro atoms. The van der Waals surface area contributed by atoms with Crippen molar-refractivity contribution >= 4 is 17.1 Å². The van der Waals surface area contributed by atoms with Crippen LogP contribution in [0.15, 0.2) is 40.2 Å². The van der Waals surface area contributed by atoms with E-state index in [4.69, 9.17) is 4.74 Å². The molecule has 0 unspecified atom stereocenters. The molecule has 0 amide bonds. The first-order valence-electron chi connectivity index (χ1n) is 7.25. The highest BCUT2D eigenvalue weighted by Crippen LogP contribution is 2.08. The van der Waals surface area contributed by atoms with Gasteiger partial charge in [0.25, 0.3) is 5.56 Å². The van der Waals surface area contributed by atoms with Gasteiger partial charge in [-0.15, -0.1) is 0 Å². The first-order valence-corrected chi connectivity index (χ1v) is 7.25. The molecule has 3 rings (SSSR count). The fourth-order valence-electron chi connectivity index (χ4n) is 2.40. The van der Waals surface area contributed by atoms with E-state index >= 15 is 0 Å². The summed E-state index contributed by atoms with van der Waals surface area (Å²) in [6, 6.07) is 6.97. The Morgan fingerprint density at radius 3 is 2.46 bits per heavy atom. The highest BCUT2D eigenvalue weighted by molar-refractivity contribution is 5.89. The van der Waals surface area contributed by atoms with Gasteiger partial charge in [0.1, 0.15) is 6.33 Å². The van der Waals surface area contributed by atoms with Crippen LogP contribution in [0.3, 0.4) is 0 Å². The van der Waals surface area contributed by atoms with Gasteiger partial charge in [0, 0.05) is 14.1 Å². The Kier molecular flexibility index (Phi) is 3.80. The summed E-state index contributed by atoms with van der Waals surface area (Å²) in [6.45, 7) is 1.75. The van der Waals surface area contributed by atoms with Gasteiger partial charge in [-0.3, -0.25) is 18.5 Å². The van der Waals surface area contributed by atoms with E-state index in [1.54, 1.807) is 12.1 Å². The number of imidazole rings is 1. The molecule has 0 aliphatic rings. The minimum absolute atomic E-state index is 0.170. The zero-order valence-corrected chi connectivity index (χ0v) is 13.5. The fourth-order valence-corrected chi connectivity index (χ4v) is 2.40. The molecule has 3 aromatic rings. The number of aromatic nitrogens is 4. The van der Waals surface area contributed by atoms with Crippen LogP contribution in [0.25, 0.3) is 11.2 Å². The Morgan fingerprint density at radius 1 is 1.12 bits per heavy atom. The number of fused-ring (bicyclic) bond motifs is 1. The molecule has 0 radical (unpaired) electrons. The zero-order valence-electron chi connectivity index (χ0n) is 13.5.